The molecule has 106 valence electrons. The Morgan fingerprint density at radius 3 is 2.95 bits per heavy atom. The van der Waals surface area contributed by atoms with Crippen LogP contribution >= 0.6 is 0 Å². The van der Waals surface area contributed by atoms with Gasteiger partial charge in [0.2, 0.25) is 0 Å². The number of rotatable bonds is 7. The predicted molar refractivity (Wildman–Crippen MR) is 74.9 cm³/mol. The fourth-order valence-electron chi connectivity index (χ4n) is 1.62. The lowest BCUT2D eigenvalue weighted by molar-refractivity contribution is 0.135. The van der Waals surface area contributed by atoms with E-state index in [1.165, 1.54) is 0 Å². The lowest BCUT2D eigenvalue weighted by Gasteiger charge is -2.19. The van der Waals surface area contributed by atoms with Crippen molar-refractivity contribution in [3.63, 3.8) is 0 Å². The molecule has 0 unspecified atom stereocenters. The summed E-state index contributed by atoms with van der Waals surface area (Å²) in [6, 6.07) is 1.85. The second kappa shape index (κ2) is 8.48. The molecule has 0 atom stereocenters. The Morgan fingerprint density at radius 2 is 2.26 bits per heavy atom. The second-order valence-corrected chi connectivity index (χ2v) is 4.50. The summed E-state index contributed by atoms with van der Waals surface area (Å²) in [6.45, 7) is 6.47. The van der Waals surface area contributed by atoms with Crippen molar-refractivity contribution >= 4 is 6.03 Å². The van der Waals surface area contributed by atoms with Gasteiger partial charge in [-0.1, -0.05) is 6.92 Å². The van der Waals surface area contributed by atoms with E-state index >= 15 is 0 Å². The van der Waals surface area contributed by atoms with Gasteiger partial charge in [-0.3, -0.25) is 4.98 Å². The molecule has 1 rings (SSSR count). The maximum atomic E-state index is 11.8. The van der Waals surface area contributed by atoms with E-state index in [1.807, 2.05) is 13.0 Å². The number of nitrogens with zero attached hydrogens (tertiary/aromatic N) is 2. The van der Waals surface area contributed by atoms with Crippen LogP contribution in [0.15, 0.2) is 18.5 Å². The van der Waals surface area contributed by atoms with Crippen LogP contribution in [0, 0.1) is 6.92 Å². The van der Waals surface area contributed by atoms with Crippen LogP contribution in [0.4, 0.5) is 4.79 Å². The first kappa shape index (κ1) is 15.4. The van der Waals surface area contributed by atoms with E-state index in [0.717, 1.165) is 24.2 Å². The molecule has 0 fully saturated rings. The number of hydrogen-bond donors (Lipinski definition) is 1. The molecule has 0 radical (unpaired) electrons. The quantitative estimate of drug-likeness (QED) is 0.767. The molecule has 5 nitrogen and oxygen atoms in total. The van der Waals surface area contributed by atoms with Crippen molar-refractivity contribution in [1.29, 1.82) is 0 Å². The van der Waals surface area contributed by atoms with E-state index in [9.17, 15) is 4.79 Å². The van der Waals surface area contributed by atoms with Gasteiger partial charge in [0, 0.05) is 39.1 Å². The summed E-state index contributed by atoms with van der Waals surface area (Å²) in [5, 5.41) is 2.83. The average molecular weight is 265 g/mol. The van der Waals surface area contributed by atoms with Crippen molar-refractivity contribution in [3.05, 3.63) is 29.6 Å². The Morgan fingerprint density at radius 1 is 1.47 bits per heavy atom. The van der Waals surface area contributed by atoms with Gasteiger partial charge in [-0.05, 0) is 30.5 Å². The van der Waals surface area contributed by atoms with Crippen LogP contribution < -0.4 is 5.32 Å². The van der Waals surface area contributed by atoms with Gasteiger partial charge in [0.15, 0.2) is 0 Å². The zero-order chi connectivity index (χ0) is 14.1. The van der Waals surface area contributed by atoms with Gasteiger partial charge in [-0.15, -0.1) is 0 Å². The number of hydrogen-bond acceptors (Lipinski definition) is 3. The number of aromatic nitrogens is 1. The molecule has 0 aliphatic rings. The Bertz CT molecular complexity index is 396. The van der Waals surface area contributed by atoms with Crippen LogP contribution in [0.25, 0.3) is 0 Å². The van der Waals surface area contributed by atoms with Gasteiger partial charge in [0.05, 0.1) is 6.61 Å². The van der Waals surface area contributed by atoms with E-state index in [-0.39, 0.29) is 6.03 Å². The largest absolute Gasteiger partial charge is 0.380 e. The van der Waals surface area contributed by atoms with Crippen LogP contribution in [-0.2, 0) is 11.3 Å². The molecule has 1 N–H and O–H groups in total. The van der Waals surface area contributed by atoms with E-state index in [1.54, 1.807) is 24.3 Å². The van der Waals surface area contributed by atoms with Crippen LogP contribution in [0.3, 0.4) is 0 Å². The number of ether oxygens (including phenoxy) is 1. The van der Waals surface area contributed by atoms with Gasteiger partial charge in [-0.2, -0.15) is 0 Å². The zero-order valence-electron chi connectivity index (χ0n) is 12.0. The molecule has 19 heavy (non-hydrogen) atoms. The number of aryl methyl sites for hydroxylation is 1. The summed E-state index contributed by atoms with van der Waals surface area (Å²) in [6.07, 6.45) is 4.54. The van der Waals surface area contributed by atoms with Gasteiger partial charge in [-0.25, -0.2) is 4.79 Å². The normalized spacial score (nSPS) is 10.3. The van der Waals surface area contributed by atoms with E-state index < -0.39 is 0 Å². The van der Waals surface area contributed by atoms with E-state index in [0.29, 0.717) is 19.7 Å². The number of amides is 2. The zero-order valence-corrected chi connectivity index (χ0v) is 12.0. The number of urea groups is 1. The highest BCUT2D eigenvalue weighted by Crippen LogP contribution is 2.07. The monoisotopic (exact) mass is 265 g/mol. The molecule has 0 bridgehead atoms. The Balaban J connectivity index is 2.31. The Kier molecular flexibility index (Phi) is 6.89. The lowest BCUT2D eigenvalue weighted by Crippen LogP contribution is -2.38. The summed E-state index contributed by atoms with van der Waals surface area (Å²) in [4.78, 5) is 17.5. The second-order valence-electron chi connectivity index (χ2n) is 4.50. The molecular weight excluding hydrogens is 242 g/mol. The highest BCUT2D eigenvalue weighted by Gasteiger charge is 2.09. The van der Waals surface area contributed by atoms with E-state index in [2.05, 4.69) is 17.2 Å². The minimum absolute atomic E-state index is 0.0867. The summed E-state index contributed by atoms with van der Waals surface area (Å²) in [5.41, 5.74) is 2.20. The molecule has 1 heterocycles. The van der Waals surface area contributed by atoms with Crippen LogP contribution in [0.2, 0.25) is 0 Å². The first-order valence-corrected chi connectivity index (χ1v) is 6.61. The molecule has 5 heteroatoms. The van der Waals surface area contributed by atoms with Crippen LogP contribution in [-0.4, -0.2) is 42.7 Å². The summed E-state index contributed by atoms with van der Waals surface area (Å²) < 4.78 is 5.31. The van der Waals surface area contributed by atoms with Crippen LogP contribution in [0.5, 0.6) is 0 Å². The van der Waals surface area contributed by atoms with Crippen molar-refractivity contribution in [2.24, 2.45) is 0 Å². The number of carbonyl (C=O) groups is 1. The van der Waals surface area contributed by atoms with Crippen LogP contribution in [0.1, 0.15) is 24.5 Å². The SMILES string of the molecule is CCCOCCNC(=O)N(C)Cc1ccncc1C. The first-order chi connectivity index (χ1) is 9.15. The topological polar surface area (TPSA) is 54.5 Å². The van der Waals surface area contributed by atoms with Gasteiger partial charge in [0.25, 0.3) is 0 Å². The third-order valence-corrected chi connectivity index (χ3v) is 2.76. The molecule has 0 spiro atoms. The van der Waals surface area contributed by atoms with E-state index in [4.69, 9.17) is 4.74 Å². The van der Waals surface area contributed by atoms with Crippen molar-refractivity contribution in [1.82, 2.24) is 15.2 Å². The third kappa shape index (κ3) is 5.70. The number of pyridine rings is 1. The maximum absolute atomic E-state index is 11.8. The standard InChI is InChI=1S/C14H23N3O2/c1-4-8-19-9-7-16-14(18)17(3)11-13-5-6-15-10-12(13)2/h5-6,10H,4,7-9,11H2,1-3H3,(H,16,18). The molecule has 0 saturated carbocycles. The lowest BCUT2D eigenvalue weighted by atomic mass is 10.1. The minimum Gasteiger partial charge on any atom is -0.380 e. The molecule has 0 aromatic carbocycles. The molecule has 1 aromatic heterocycles. The summed E-state index contributed by atoms with van der Waals surface area (Å²) in [5.74, 6) is 0. The molecule has 1 aromatic rings. The van der Waals surface area contributed by atoms with Crippen molar-refractivity contribution in [2.75, 3.05) is 26.8 Å². The van der Waals surface area contributed by atoms with Gasteiger partial charge < -0.3 is 15.0 Å². The maximum Gasteiger partial charge on any atom is 0.317 e. The van der Waals surface area contributed by atoms with Crippen molar-refractivity contribution in [2.45, 2.75) is 26.8 Å². The summed E-state index contributed by atoms with van der Waals surface area (Å²) >= 11 is 0. The third-order valence-electron chi connectivity index (χ3n) is 2.76. The van der Waals surface area contributed by atoms with Crippen molar-refractivity contribution < 1.29 is 9.53 Å². The Hall–Kier alpha value is -1.62. The molecule has 0 aliphatic carbocycles. The fraction of sp³-hybridized carbons (Fsp3) is 0.571. The minimum atomic E-state index is -0.0867. The van der Waals surface area contributed by atoms with Gasteiger partial charge >= 0.3 is 6.03 Å². The highest BCUT2D eigenvalue weighted by atomic mass is 16.5. The number of carbonyl (C=O) groups excluding carboxylic acids is 1. The van der Waals surface area contributed by atoms with Crippen molar-refractivity contribution in [3.8, 4) is 0 Å². The molecule has 2 amide bonds. The smallest absolute Gasteiger partial charge is 0.317 e. The highest BCUT2D eigenvalue weighted by molar-refractivity contribution is 5.73. The predicted octanol–water partition coefficient (Wildman–Crippen LogP) is 1.96. The first-order valence-electron chi connectivity index (χ1n) is 6.61. The molecular formula is C14H23N3O2. The summed E-state index contributed by atoms with van der Waals surface area (Å²) in [7, 11) is 1.78. The Labute approximate surface area is 115 Å². The fourth-order valence-corrected chi connectivity index (χ4v) is 1.62. The average Bonchev–Trinajstić information content (AvgIpc) is 2.41. The molecule has 0 saturated heterocycles. The molecule has 0 aliphatic heterocycles. The van der Waals surface area contributed by atoms with Gasteiger partial charge in [0.1, 0.15) is 0 Å². The number of nitrogens with one attached hydrogen (secondary N) is 1.